The van der Waals surface area contributed by atoms with Gasteiger partial charge in [-0.1, -0.05) is 48.5 Å². The number of hydrogen-bond acceptors (Lipinski definition) is 3. The van der Waals surface area contributed by atoms with Gasteiger partial charge in [0.2, 0.25) is 0 Å². The molecule has 0 aromatic heterocycles. The SMILES string of the molecule is CC(=O)OCCCCC1(C(=O)O)c2ccccc2-c2ccccc21. The van der Waals surface area contributed by atoms with E-state index in [2.05, 4.69) is 0 Å². The monoisotopic (exact) mass is 324 g/mol. The van der Waals surface area contributed by atoms with Crippen LogP contribution in [-0.2, 0) is 19.7 Å². The second-order valence-corrected chi connectivity index (χ2v) is 6.10. The van der Waals surface area contributed by atoms with Gasteiger partial charge in [0.1, 0.15) is 5.41 Å². The molecule has 0 aliphatic heterocycles. The Morgan fingerprint density at radius 2 is 1.50 bits per heavy atom. The molecule has 2 aromatic rings. The van der Waals surface area contributed by atoms with E-state index in [0.717, 1.165) is 22.3 Å². The van der Waals surface area contributed by atoms with Crippen LogP contribution in [0.25, 0.3) is 11.1 Å². The molecular formula is C20H20O4. The molecule has 24 heavy (non-hydrogen) atoms. The van der Waals surface area contributed by atoms with Crippen molar-refractivity contribution in [2.75, 3.05) is 6.61 Å². The number of carbonyl (C=O) groups excluding carboxylic acids is 1. The zero-order chi connectivity index (χ0) is 17.2. The standard InChI is InChI=1S/C20H20O4/c1-14(21)24-13-7-6-12-20(19(22)23)17-10-4-2-8-15(17)16-9-3-5-11-18(16)20/h2-5,8-11H,6-7,12-13H2,1H3,(H,22,23). The van der Waals surface area contributed by atoms with Crippen LogP contribution >= 0.6 is 0 Å². The molecule has 4 heteroatoms. The van der Waals surface area contributed by atoms with E-state index in [1.54, 1.807) is 0 Å². The lowest BCUT2D eigenvalue weighted by Gasteiger charge is -2.27. The normalized spacial score (nSPS) is 13.9. The Labute approximate surface area is 141 Å². The molecule has 0 heterocycles. The predicted molar refractivity (Wildman–Crippen MR) is 90.8 cm³/mol. The molecule has 2 aromatic carbocycles. The maximum absolute atomic E-state index is 12.3. The third-order valence-electron chi connectivity index (χ3n) is 4.68. The van der Waals surface area contributed by atoms with Gasteiger partial charge >= 0.3 is 11.9 Å². The van der Waals surface area contributed by atoms with Crippen molar-refractivity contribution in [2.24, 2.45) is 0 Å². The van der Waals surface area contributed by atoms with Gasteiger partial charge in [-0.15, -0.1) is 0 Å². The topological polar surface area (TPSA) is 63.6 Å². The predicted octanol–water partition coefficient (Wildman–Crippen LogP) is 3.77. The van der Waals surface area contributed by atoms with Crippen molar-refractivity contribution in [1.29, 1.82) is 0 Å². The van der Waals surface area contributed by atoms with Crippen molar-refractivity contribution < 1.29 is 19.4 Å². The van der Waals surface area contributed by atoms with Gasteiger partial charge in [-0.3, -0.25) is 9.59 Å². The molecule has 0 fully saturated rings. The number of carboxylic acids is 1. The molecule has 1 aliphatic carbocycles. The average Bonchev–Trinajstić information content (AvgIpc) is 2.86. The highest BCUT2D eigenvalue weighted by molar-refractivity contribution is 5.97. The number of benzene rings is 2. The summed E-state index contributed by atoms with van der Waals surface area (Å²) < 4.78 is 4.95. The average molecular weight is 324 g/mol. The summed E-state index contributed by atoms with van der Waals surface area (Å²) in [5.74, 6) is -1.13. The maximum atomic E-state index is 12.3. The summed E-state index contributed by atoms with van der Waals surface area (Å²) in [6.45, 7) is 1.70. The summed E-state index contributed by atoms with van der Waals surface area (Å²) in [5, 5.41) is 10.1. The van der Waals surface area contributed by atoms with Crippen molar-refractivity contribution in [2.45, 2.75) is 31.6 Å². The van der Waals surface area contributed by atoms with Gasteiger partial charge in [0, 0.05) is 6.92 Å². The van der Waals surface area contributed by atoms with Gasteiger partial charge in [-0.2, -0.15) is 0 Å². The highest BCUT2D eigenvalue weighted by atomic mass is 16.5. The van der Waals surface area contributed by atoms with Crippen molar-refractivity contribution >= 4 is 11.9 Å². The summed E-state index contributed by atoms with van der Waals surface area (Å²) in [6.07, 6.45) is 1.80. The zero-order valence-corrected chi connectivity index (χ0v) is 13.6. The van der Waals surface area contributed by atoms with Gasteiger partial charge in [-0.25, -0.2) is 0 Å². The summed E-state index contributed by atoms with van der Waals surface area (Å²) in [7, 11) is 0. The van der Waals surface area contributed by atoms with Crippen LogP contribution in [0, 0.1) is 0 Å². The highest BCUT2D eigenvalue weighted by Crippen LogP contribution is 2.51. The fourth-order valence-corrected chi connectivity index (χ4v) is 3.64. The lowest BCUT2D eigenvalue weighted by Crippen LogP contribution is -2.35. The molecular weight excluding hydrogens is 304 g/mol. The molecule has 4 nitrogen and oxygen atoms in total. The first kappa shape index (κ1) is 16.2. The fourth-order valence-electron chi connectivity index (χ4n) is 3.64. The molecule has 124 valence electrons. The molecule has 0 spiro atoms. The number of unbranched alkanes of at least 4 members (excludes halogenated alkanes) is 1. The second kappa shape index (κ2) is 6.48. The second-order valence-electron chi connectivity index (χ2n) is 6.10. The highest BCUT2D eigenvalue weighted by Gasteiger charge is 2.48. The van der Waals surface area contributed by atoms with Crippen LogP contribution in [0.15, 0.2) is 48.5 Å². The Hall–Kier alpha value is -2.62. The fraction of sp³-hybridized carbons (Fsp3) is 0.300. The minimum absolute atomic E-state index is 0.306. The summed E-state index contributed by atoms with van der Waals surface area (Å²) in [4.78, 5) is 23.2. The zero-order valence-electron chi connectivity index (χ0n) is 13.6. The van der Waals surface area contributed by atoms with Crippen LogP contribution in [0.3, 0.4) is 0 Å². The van der Waals surface area contributed by atoms with Crippen LogP contribution < -0.4 is 0 Å². The number of fused-ring (bicyclic) bond motifs is 3. The Kier molecular flexibility index (Phi) is 4.38. The molecule has 0 atom stereocenters. The van der Waals surface area contributed by atoms with Crippen LogP contribution in [0.1, 0.15) is 37.3 Å². The first-order chi connectivity index (χ1) is 11.6. The molecule has 0 unspecified atom stereocenters. The number of ether oxygens (including phenoxy) is 1. The van der Waals surface area contributed by atoms with E-state index in [1.165, 1.54) is 6.92 Å². The van der Waals surface area contributed by atoms with Gasteiger partial charge in [0.25, 0.3) is 0 Å². The van der Waals surface area contributed by atoms with Gasteiger partial charge < -0.3 is 9.84 Å². The Morgan fingerprint density at radius 1 is 0.958 bits per heavy atom. The van der Waals surface area contributed by atoms with E-state index in [1.807, 2.05) is 48.5 Å². The number of esters is 1. The largest absolute Gasteiger partial charge is 0.480 e. The number of rotatable bonds is 6. The molecule has 0 saturated heterocycles. The molecule has 0 saturated carbocycles. The van der Waals surface area contributed by atoms with E-state index >= 15 is 0 Å². The Bertz CT molecular complexity index is 733. The van der Waals surface area contributed by atoms with Crippen LogP contribution in [0.2, 0.25) is 0 Å². The molecule has 3 rings (SSSR count). The molecule has 1 N–H and O–H groups in total. The molecule has 1 aliphatic rings. The van der Waals surface area contributed by atoms with Crippen molar-refractivity contribution in [1.82, 2.24) is 0 Å². The van der Waals surface area contributed by atoms with Crippen molar-refractivity contribution in [3.63, 3.8) is 0 Å². The van der Waals surface area contributed by atoms with Crippen LogP contribution in [0.4, 0.5) is 0 Å². The molecule has 0 bridgehead atoms. The van der Waals surface area contributed by atoms with E-state index < -0.39 is 11.4 Å². The number of aliphatic carboxylic acids is 1. The van der Waals surface area contributed by atoms with E-state index in [9.17, 15) is 14.7 Å². The number of carbonyl (C=O) groups is 2. The van der Waals surface area contributed by atoms with E-state index in [4.69, 9.17) is 4.74 Å². The number of hydrogen-bond donors (Lipinski definition) is 1. The first-order valence-electron chi connectivity index (χ1n) is 8.13. The molecule has 0 radical (unpaired) electrons. The van der Waals surface area contributed by atoms with Crippen LogP contribution in [-0.4, -0.2) is 23.7 Å². The van der Waals surface area contributed by atoms with Crippen molar-refractivity contribution in [3.05, 3.63) is 59.7 Å². The van der Waals surface area contributed by atoms with E-state index in [0.29, 0.717) is 25.9 Å². The third kappa shape index (κ3) is 2.58. The summed E-state index contributed by atoms with van der Waals surface area (Å²) in [5.41, 5.74) is 2.67. The smallest absolute Gasteiger partial charge is 0.318 e. The lowest BCUT2D eigenvalue weighted by atomic mass is 9.74. The molecule has 0 amide bonds. The van der Waals surface area contributed by atoms with Gasteiger partial charge in [0.05, 0.1) is 6.61 Å². The maximum Gasteiger partial charge on any atom is 0.318 e. The number of carboxylic acid groups (broad SMARTS) is 1. The summed E-state index contributed by atoms with van der Waals surface area (Å²) >= 11 is 0. The lowest BCUT2D eigenvalue weighted by molar-refractivity contribution is -0.143. The first-order valence-corrected chi connectivity index (χ1v) is 8.13. The van der Waals surface area contributed by atoms with Gasteiger partial charge in [-0.05, 0) is 41.5 Å². The third-order valence-corrected chi connectivity index (χ3v) is 4.68. The van der Waals surface area contributed by atoms with Gasteiger partial charge in [0.15, 0.2) is 0 Å². The minimum atomic E-state index is -1.02. The Morgan fingerprint density at radius 3 is 2.00 bits per heavy atom. The summed E-state index contributed by atoms with van der Waals surface area (Å²) in [6, 6.07) is 15.4. The minimum Gasteiger partial charge on any atom is -0.480 e. The van der Waals surface area contributed by atoms with Crippen molar-refractivity contribution in [3.8, 4) is 11.1 Å². The van der Waals surface area contributed by atoms with E-state index in [-0.39, 0.29) is 5.97 Å². The Balaban J connectivity index is 1.94. The van der Waals surface area contributed by atoms with Crippen LogP contribution in [0.5, 0.6) is 0 Å². The quantitative estimate of drug-likeness (QED) is 0.649.